The van der Waals surface area contributed by atoms with Crippen LogP contribution in [0, 0.1) is 5.82 Å². The van der Waals surface area contributed by atoms with Crippen molar-refractivity contribution in [2.45, 2.75) is 6.42 Å². The van der Waals surface area contributed by atoms with Gasteiger partial charge >= 0.3 is 0 Å². The predicted octanol–water partition coefficient (Wildman–Crippen LogP) is 2.01. The molecule has 1 amide bonds. The Labute approximate surface area is 142 Å². The summed E-state index contributed by atoms with van der Waals surface area (Å²) in [4.78, 5) is 18.3. The van der Waals surface area contributed by atoms with Gasteiger partial charge in [-0.2, -0.15) is 0 Å². The largest absolute Gasteiger partial charge is 0.385 e. The second-order valence-electron chi connectivity index (χ2n) is 5.10. The Kier molecular flexibility index (Phi) is 4.90. The normalized spacial score (nSPS) is 10.8. The number of rotatable bonds is 6. The van der Waals surface area contributed by atoms with Crippen LogP contribution in [0.15, 0.2) is 42.5 Å². The van der Waals surface area contributed by atoms with Gasteiger partial charge in [-0.15, -0.1) is 5.10 Å². The monoisotopic (exact) mass is 348 g/mol. The molecule has 0 saturated carbocycles. The number of aromatic nitrogens is 3. The quantitative estimate of drug-likeness (QED) is 0.740. The first kappa shape index (κ1) is 16.2. The lowest BCUT2D eigenvalue weighted by atomic mass is 10.1. The van der Waals surface area contributed by atoms with Crippen molar-refractivity contribution in [3.63, 3.8) is 0 Å². The maximum atomic E-state index is 12.8. The molecule has 0 fully saturated rings. The van der Waals surface area contributed by atoms with Gasteiger partial charge in [0, 0.05) is 11.6 Å². The molecule has 24 heavy (non-hydrogen) atoms. The lowest BCUT2D eigenvalue weighted by molar-refractivity contribution is -0.126. The number of hydrogen-bond acceptors (Lipinski definition) is 4. The molecular weight excluding hydrogens is 335 g/mol. The minimum absolute atomic E-state index is 0.200. The fraction of sp³-hybridized carbons (Fsp3) is 0.188. The number of carbonyl (C=O) groups excluding carboxylic acids is 1. The Balaban J connectivity index is 1.48. The van der Waals surface area contributed by atoms with Crippen LogP contribution < -0.4 is 10.2 Å². The molecule has 6 nitrogen and oxygen atoms in total. The molecule has 3 aromatic rings. The molecule has 124 valence electrons. The molecule has 0 aliphatic carbocycles. The molecule has 0 radical (unpaired) electrons. The molecule has 3 rings (SSSR count). The van der Waals surface area contributed by atoms with E-state index in [1.807, 2.05) is 0 Å². The minimum atomic E-state index is -0.289. The van der Waals surface area contributed by atoms with Crippen molar-refractivity contribution >= 4 is 28.5 Å². The van der Waals surface area contributed by atoms with Crippen LogP contribution in [0.25, 0.3) is 11.0 Å². The van der Waals surface area contributed by atoms with Crippen LogP contribution in [-0.2, 0) is 11.2 Å². The Bertz CT molecular complexity index is 851. The van der Waals surface area contributed by atoms with Crippen molar-refractivity contribution in [1.82, 2.24) is 20.5 Å². The summed E-state index contributed by atoms with van der Waals surface area (Å²) in [5, 5.41) is 11.0. The van der Waals surface area contributed by atoms with E-state index < -0.39 is 0 Å². The number of nitrogens with one attached hydrogen (secondary N) is 1. The van der Waals surface area contributed by atoms with Gasteiger partial charge in [-0.25, -0.2) is 4.39 Å². The van der Waals surface area contributed by atoms with Gasteiger partial charge in [0.2, 0.25) is 0 Å². The molecule has 8 heteroatoms. The number of halogens is 2. The molecule has 1 heterocycles. The topological polar surface area (TPSA) is 69.0 Å². The van der Waals surface area contributed by atoms with Gasteiger partial charge in [0.1, 0.15) is 16.9 Å². The highest BCUT2D eigenvalue weighted by Crippen LogP contribution is 2.16. The van der Waals surface area contributed by atoms with Gasteiger partial charge < -0.3 is 10.2 Å². The molecule has 0 aliphatic rings. The molecule has 0 aliphatic heterocycles. The Morgan fingerprint density at radius 1 is 1.25 bits per heavy atom. The van der Waals surface area contributed by atoms with Gasteiger partial charge in [0.25, 0.3) is 5.91 Å². The second-order valence-corrected chi connectivity index (χ2v) is 5.53. The molecule has 0 atom stereocenters. The van der Waals surface area contributed by atoms with Crippen molar-refractivity contribution in [3.05, 3.63) is 58.9 Å². The minimum Gasteiger partial charge on any atom is -0.385 e. The maximum Gasteiger partial charge on any atom is 0.260 e. The number of benzene rings is 2. The zero-order valence-corrected chi connectivity index (χ0v) is 13.3. The molecule has 0 saturated heterocycles. The van der Waals surface area contributed by atoms with E-state index in [-0.39, 0.29) is 18.3 Å². The first-order chi connectivity index (χ1) is 11.6. The predicted molar refractivity (Wildman–Crippen MR) is 87.1 cm³/mol. The van der Waals surface area contributed by atoms with E-state index in [0.717, 1.165) is 5.56 Å². The first-order valence-electron chi connectivity index (χ1n) is 7.27. The summed E-state index contributed by atoms with van der Waals surface area (Å²) < 4.78 is 12.8. The van der Waals surface area contributed by atoms with Gasteiger partial charge in [-0.05, 0) is 47.5 Å². The summed E-state index contributed by atoms with van der Waals surface area (Å²) in [6, 6.07) is 11.2. The fourth-order valence-electron chi connectivity index (χ4n) is 2.13. The van der Waals surface area contributed by atoms with E-state index in [2.05, 4.69) is 15.6 Å². The van der Waals surface area contributed by atoms with E-state index in [1.54, 1.807) is 30.3 Å². The highest BCUT2D eigenvalue weighted by atomic mass is 35.5. The summed E-state index contributed by atoms with van der Waals surface area (Å²) in [6.07, 6.45) is 0.605. The molecular formula is C16H14ClFN4O2. The van der Waals surface area contributed by atoms with Gasteiger partial charge in [0.05, 0.1) is 0 Å². The molecule has 1 aromatic heterocycles. The molecule has 0 spiro atoms. The average molecular weight is 349 g/mol. The summed E-state index contributed by atoms with van der Waals surface area (Å²) in [5.74, 6) is -0.570. The average Bonchev–Trinajstić information content (AvgIpc) is 2.97. The molecule has 2 aromatic carbocycles. The van der Waals surface area contributed by atoms with E-state index in [0.29, 0.717) is 29.0 Å². The summed E-state index contributed by atoms with van der Waals surface area (Å²) in [7, 11) is 0. The van der Waals surface area contributed by atoms with Crippen LogP contribution in [0.4, 0.5) is 4.39 Å². The SMILES string of the molecule is O=C(COn1nnc2ccc(Cl)cc21)NCCc1ccc(F)cc1. The highest BCUT2D eigenvalue weighted by molar-refractivity contribution is 6.31. The number of hydrogen-bond donors (Lipinski definition) is 1. The van der Waals surface area contributed by atoms with Crippen LogP contribution in [0.1, 0.15) is 5.56 Å². The lowest BCUT2D eigenvalue weighted by Gasteiger charge is -2.07. The lowest BCUT2D eigenvalue weighted by Crippen LogP contribution is -2.33. The standard InChI is InChI=1S/C16H14ClFN4O2/c17-12-3-6-14-15(9-12)22(21-20-14)24-10-16(23)19-8-7-11-1-4-13(18)5-2-11/h1-6,9H,7-8,10H2,(H,19,23). The van der Waals surface area contributed by atoms with Crippen LogP contribution in [-0.4, -0.2) is 34.2 Å². The van der Waals surface area contributed by atoms with Gasteiger partial charge in [0.15, 0.2) is 6.61 Å². The van der Waals surface area contributed by atoms with Crippen LogP contribution in [0.2, 0.25) is 5.02 Å². The zero-order valence-electron chi connectivity index (χ0n) is 12.6. The van der Waals surface area contributed by atoms with E-state index in [1.165, 1.54) is 17.0 Å². The maximum absolute atomic E-state index is 12.8. The van der Waals surface area contributed by atoms with E-state index in [9.17, 15) is 9.18 Å². The molecule has 0 bridgehead atoms. The van der Waals surface area contributed by atoms with Crippen molar-refractivity contribution in [2.75, 3.05) is 13.2 Å². The van der Waals surface area contributed by atoms with Crippen LogP contribution in [0.3, 0.4) is 0 Å². The van der Waals surface area contributed by atoms with E-state index in [4.69, 9.17) is 16.4 Å². The van der Waals surface area contributed by atoms with Gasteiger partial charge in [-0.3, -0.25) is 4.79 Å². The zero-order chi connectivity index (χ0) is 16.9. The number of fused-ring (bicyclic) bond motifs is 1. The summed E-state index contributed by atoms with van der Waals surface area (Å²) in [5.41, 5.74) is 2.15. The smallest absolute Gasteiger partial charge is 0.260 e. The highest BCUT2D eigenvalue weighted by Gasteiger charge is 2.08. The number of nitrogens with zero attached hydrogens (tertiary/aromatic N) is 3. The van der Waals surface area contributed by atoms with Crippen molar-refractivity contribution < 1.29 is 14.0 Å². The van der Waals surface area contributed by atoms with Gasteiger partial charge in [-0.1, -0.05) is 28.6 Å². The second kappa shape index (κ2) is 7.27. The molecule has 1 N–H and O–H groups in total. The van der Waals surface area contributed by atoms with Crippen LogP contribution >= 0.6 is 11.6 Å². The first-order valence-corrected chi connectivity index (χ1v) is 7.65. The summed E-state index contributed by atoms with van der Waals surface area (Å²) >= 11 is 5.92. The number of amides is 1. The third-order valence-corrected chi connectivity index (χ3v) is 3.58. The Morgan fingerprint density at radius 2 is 2.04 bits per heavy atom. The summed E-state index contributed by atoms with van der Waals surface area (Å²) in [6.45, 7) is 0.228. The third-order valence-electron chi connectivity index (χ3n) is 3.34. The number of carbonyl (C=O) groups is 1. The Hall–Kier alpha value is -2.67. The van der Waals surface area contributed by atoms with Crippen molar-refractivity contribution in [1.29, 1.82) is 0 Å². The van der Waals surface area contributed by atoms with Crippen molar-refractivity contribution in [2.24, 2.45) is 0 Å². The molecule has 0 unspecified atom stereocenters. The Morgan fingerprint density at radius 3 is 2.83 bits per heavy atom. The fourth-order valence-corrected chi connectivity index (χ4v) is 2.30. The van der Waals surface area contributed by atoms with Crippen LogP contribution in [0.5, 0.6) is 0 Å². The van der Waals surface area contributed by atoms with E-state index >= 15 is 0 Å². The van der Waals surface area contributed by atoms with Crippen molar-refractivity contribution in [3.8, 4) is 0 Å². The third kappa shape index (κ3) is 3.99.